The van der Waals surface area contributed by atoms with Gasteiger partial charge in [0.1, 0.15) is 0 Å². The van der Waals surface area contributed by atoms with Gasteiger partial charge in [-0.05, 0) is 181 Å². The van der Waals surface area contributed by atoms with Crippen molar-refractivity contribution in [3.05, 3.63) is 247 Å². The van der Waals surface area contributed by atoms with Gasteiger partial charge in [0, 0.05) is 16.5 Å². The van der Waals surface area contributed by atoms with E-state index in [0.717, 1.165) is 18.5 Å². The van der Waals surface area contributed by atoms with Crippen molar-refractivity contribution in [1.29, 1.82) is 0 Å². The number of aromatic nitrogens is 1. The maximum atomic E-state index is 2.50. The molecule has 71 heavy (non-hydrogen) atoms. The highest BCUT2D eigenvalue weighted by Crippen LogP contribution is 2.46. The van der Waals surface area contributed by atoms with Gasteiger partial charge < -0.3 is 4.57 Å². The number of rotatable bonds is 5. The van der Waals surface area contributed by atoms with Gasteiger partial charge in [-0.15, -0.1) is 0 Å². The van der Waals surface area contributed by atoms with E-state index in [4.69, 9.17) is 0 Å². The van der Waals surface area contributed by atoms with Crippen LogP contribution in [0.15, 0.2) is 237 Å². The molecule has 1 aromatic heterocycles. The average Bonchev–Trinajstić information content (AvgIpc) is 3.77. The van der Waals surface area contributed by atoms with Gasteiger partial charge in [0.05, 0.1) is 11.0 Å². The van der Waals surface area contributed by atoms with Gasteiger partial charge in [0.25, 0.3) is 0 Å². The lowest BCUT2D eigenvalue weighted by molar-refractivity contribution is 1.12. The fourth-order valence-electron chi connectivity index (χ4n) is 12.3. The van der Waals surface area contributed by atoms with Crippen LogP contribution in [0.5, 0.6) is 0 Å². The highest BCUT2D eigenvalue weighted by Gasteiger charge is 2.22. The Morgan fingerprint density at radius 2 is 0.620 bits per heavy atom. The van der Waals surface area contributed by atoms with Crippen molar-refractivity contribution in [2.24, 2.45) is 0 Å². The first-order valence-electron chi connectivity index (χ1n) is 25.0. The Bertz CT molecular complexity index is 4700. The minimum atomic E-state index is 1.03. The first kappa shape index (κ1) is 39.9. The Morgan fingerprint density at radius 3 is 1.15 bits per heavy atom. The molecular weight excluding hydrogens is 855 g/mol. The summed E-state index contributed by atoms with van der Waals surface area (Å²) in [6.45, 7) is 0. The van der Waals surface area contributed by atoms with E-state index in [9.17, 15) is 0 Å². The fourth-order valence-corrected chi connectivity index (χ4v) is 12.3. The van der Waals surface area contributed by atoms with E-state index in [1.165, 1.54) is 141 Å². The Balaban J connectivity index is 0.980. The first-order chi connectivity index (χ1) is 35.2. The van der Waals surface area contributed by atoms with Crippen LogP contribution in [0.1, 0.15) is 12.8 Å². The zero-order chi connectivity index (χ0) is 46.6. The van der Waals surface area contributed by atoms with Gasteiger partial charge in [-0.2, -0.15) is 0 Å². The summed E-state index contributed by atoms with van der Waals surface area (Å²) in [5.41, 5.74) is 13.6. The van der Waals surface area contributed by atoms with Gasteiger partial charge in [-0.1, -0.05) is 200 Å². The second kappa shape index (κ2) is 15.8. The van der Waals surface area contributed by atoms with Crippen molar-refractivity contribution in [1.82, 2.24) is 4.57 Å². The maximum Gasteiger partial charge on any atom is 0.0541 e. The highest BCUT2D eigenvalue weighted by molar-refractivity contribution is 6.23. The van der Waals surface area contributed by atoms with Crippen molar-refractivity contribution in [3.63, 3.8) is 0 Å². The summed E-state index contributed by atoms with van der Waals surface area (Å²) >= 11 is 0. The number of nitrogens with zero attached hydrogens (tertiary/aromatic N) is 1. The molecule has 330 valence electrons. The molecule has 14 aromatic rings. The summed E-state index contributed by atoms with van der Waals surface area (Å²) in [7, 11) is 0. The normalized spacial score (nSPS) is 12.6. The van der Waals surface area contributed by atoms with Crippen molar-refractivity contribution in [2.75, 3.05) is 0 Å². The summed E-state index contributed by atoms with van der Waals surface area (Å²) in [5, 5.41) is 20.2. The minimum absolute atomic E-state index is 1.03. The van der Waals surface area contributed by atoms with E-state index >= 15 is 0 Å². The fraction of sp³-hybridized carbons (Fsp3) is 0.0286. The smallest absolute Gasteiger partial charge is 0.0541 e. The van der Waals surface area contributed by atoms with Gasteiger partial charge >= 0.3 is 0 Å². The molecule has 1 heterocycles. The Kier molecular flexibility index (Phi) is 8.85. The quantitative estimate of drug-likeness (QED) is 0.152. The molecule has 1 aliphatic rings. The molecule has 0 atom stereocenters. The van der Waals surface area contributed by atoms with Crippen molar-refractivity contribution in [3.8, 4) is 50.2 Å². The summed E-state index contributed by atoms with van der Waals surface area (Å²) in [5.74, 6) is 0. The van der Waals surface area contributed by atoms with E-state index in [2.05, 4.69) is 253 Å². The number of benzene rings is 13. The predicted octanol–water partition coefficient (Wildman–Crippen LogP) is 17.7. The van der Waals surface area contributed by atoms with Gasteiger partial charge in [-0.3, -0.25) is 0 Å². The van der Waals surface area contributed by atoms with Crippen molar-refractivity contribution >= 4 is 98.6 Å². The van der Waals surface area contributed by atoms with Crippen LogP contribution in [0.2, 0.25) is 0 Å². The number of fused-ring (bicyclic) bond motifs is 10. The molecular formula is C70H45N. The molecule has 15 rings (SSSR count). The monoisotopic (exact) mass is 899 g/mol. The Hall–Kier alpha value is -9.04. The molecule has 1 heteroatoms. The van der Waals surface area contributed by atoms with Gasteiger partial charge in [0.15, 0.2) is 0 Å². The maximum absolute atomic E-state index is 2.50. The standard InChI is InChI=1S/C70H45N/c1-4-18-47-39-50(32-29-44(47)15-1)67-56-22-7-9-24-58(56)69(59-25-10-8-23-57(59)67)53-35-38-66-63(42-53)55-21-13-14-28-65(55)71(66)54-36-37-62-64(43-54)70(52-34-31-46-17-3-6-20-49(46)41-52)61-27-12-11-26-60(61)68(62)51-33-30-45-16-2-5-19-48(45)40-51/h1-7,9,11-43H,8,10H2. The van der Waals surface area contributed by atoms with Gasteiger partial charge in [-0.25, -0.2) is 0 Å². The summed E-state index contributed by atoms with van der Waals surface area (Å²) in [4.78, 5) is 0. The van der Waals surface area contributed by atoms with E-state index in [0.29, 0.717) is 0 Å². The molecule has 0 saturated heterocycles. The molecule has 0 amide bonds. The molecule has 0 unspecified atom stereocenters. The van der Waals surface area contributed by atoms with E-state index < -0.39 is 0 Å². The van der Waals surface area contributed by atoms with Crippen LogP contribution >= 0.6 is 0 Å². The topological polar surface area (TPSA) is 4.93 Å². The second-order valence-corrected chi connectivity index (χ2v) is 19.4. The molecule has 0 bridgehead atoms. The summed E-state index contributed by atoms with van der Waals surface area (Å²) in [6, 6.07) is 88.6. The molecule has 0 aliphatic heterocycles. The van der Waals surface area contributed by atoms with E-state index in [1.54, 1.807) is 0 Å². The number of para-hydroxylation sites is 1. The average molecular weight is 900 g/mol. The summed E-state index contributed by atoms with van der Waals surface area (Å²) in [6.07, 6.45) is 7.04. The molecule has 0 N–H and O–H groups in total. The zero-order valence-corrected chi connectivity index (χ0v) is 39.0. The third-order valence-electron chi connectivity index (χ3n) is 15.5. The van der Waals surface area contributed by atoms with Crippen LogP contribution in [-0.2, 0) is 0 Å². The number of hydrogen-bond acceptors (Lipinski definition) is 0. The largest absolute Gasteiger partial charge is 0.309 e. The van der Waals surface area contributed by atoms with Crippen LogP contribution in [-0.4, -0.2) is 4.57 Å². The zero-order valence-electron chi connectivity index (χ0n) is 39.0. The van der Waals surface area contributed by atoms with Crippen molar-refractivity contribution in [2.45, 2.75) is 12.8 Å². The molecule has 0 fully saturated rings. The lowest BCUT2D eigenvalue weighted by Crippen LogP contribution is -2.31. The van der Waals surface area contributed by atoms with Crippen molar-refractivity contribution < 1.29 is 0 Å². The van der Waals surface area contributed by atoms with E-state index in [1.807, 2.05) is 0 Å². The molecule has 1 nitrogen and oxygen atoms in total. The molecule has 0 spiro atoms. The lowest BCUT2D eigenvalue weighted by atomic mass is 9.85. The van der Waals surface area contributed by atoms with Gasteiger partial charge in [0.2, 0.25) is 0 Å². The van der Waals surface area contributed by atoms with Crippen LogP contribution in [0.3, 0.4) is 0 Å². The van der Waals surface area contributed by atoms with Crippen LogP contribution in [0.4, 0.5) is 0 Å². The SMILES string of the molecule is C1=c2c(-c3ccc4ccccc4c3)c3ccccc3c(-c3ccc4c(c3)c3ccccc3n4-c3ccc4c(-c5ccc6ccccc6c5)c5ccccc5c(-c5ccc6ccccc6c5)c4c3)c2=CCC1. The second-order valence-electron chi connectivity index (χ2n) is 19.4. The molecule has 1 aliphatic carbocycles. The lowest BCUT2D eigenvalue weighted by Gasteiger charge is -2.20. The Morgan fingerprint density at radius 1 is 0.239 bits per heavy atom. The minimum Gasteiger partial charge on any atom is -0.309 e. The highest BCUT2D eigenvalue weighted by atomic mass is 15.0. The van der Waals surface area contributed by atoms with E-state index in [-0.39, 0.29) is 0 Å². The Labute approximate surface area is 411 Å². The van der Waals surface area contributed by atoms with Crippen LogP contribution < -0.4 is 10.4 Å². The predicted molar refractivity (Wildman–Crippen MR) is 305 cm³/mol. The number of hydrogen-bond donors (Lipinski definition) is 0. The summed E-state index contributed by atoms with van der Waals surface area (Å²) < 4.78 is 2.50. The first-order valence-corrected chi connectivity index (χ1v) is 25.0. The molecule has 13 aromatic carbocycles. The third kappa shape index (κ3) is 6.19. The third-order valence-corrected chi connectivity index (χ3v) is 15.5. The molecule has 0 saturated carbocycles. The molecule has 0 radical (unpaired) electrons. The van der Waals surface area contributed by atoms with Crippen LogP contribution in [0.25, 0.3) is 149 Å². The van der Waals surface area contributed by atoms with Crippen LogP contribution in [0, 0.1) is 0 Å².